The fraction of sp³-hybridized carbons (Fsp3) is 0.350. The van der Waals surface area contributed by atoms with Crippen LogP contribution < -0.4 is 4.90 Å². The van der Waals surface area contributed by atoms with Gasteiger partial charge in [0.15, 0.2) is 0 Å². The Morgan fingerprint density at radius 3 is 2.44 bits per heavy atom. The monoisotopic (exact) mass is 364 g/mol. The zero-order valence-electron chi connectivity index (χ0n) is 15.7. The molecule has 0 aliphatic carbocycles. The highest BCUT2D eigenvalue weighted by Crippen LogP contribution is 2.23. The van der Waals surface area contributed by atoms with Gasteiger partial charge in [0, 0.05) is 50.7 Å². The Hall–Kier alpha value is -3.09. The van der Waals surface area contributed by atoms with E-state index in [9.17, 15) is 4.79 Å². The van der Waals surface area contributed by atoms with Gasteiger partial charge in [0.25, 0.3) is 5.91 Å². The Kier molecular flexibility index (Phi) is 4.66. The van der Waals surface area contributed by atoms with Crippen molar-refractivity contribution in [3.8, 4) is 0 Å². The van der Waals surface area contributed by atoms with Crippen LogP contribution in [-0.4, -0.2) is 56.7 Å². The fourth-order valence-electron chi connectivity index (χ4n) is 3.67. The lowest BCUT2D eigenvalue weighted by Crippen LogP contribution is -2.49. The summed E-state index contributed by atoms with van der Waals surface area (Å²) >= 11 is 0. The highest BCUT2D eigenvalue weighted by molar-refractivity contribution is 5.94. The lowest BCUT2D eigenvalue weighted by atomic mass is 10.1. The Morgan fingerprint density at radius 2 is 1.85 bits per heavy atom. The van der Waals surface area contributed by atoms with Gasteiger partial charge in [0.05, 0.1) is 23.4 Å². The van der Waals surface area contributed by atoms with Gasteiger partial charge in [-0.1, -0.05) is 12.1 Å². The molecule has 7 heteroatoms. The number of piperazine rings is 1. The molecule has 1 aliphatic rings. The molecule has 0 saturated carbocycles. The molecule has 3 aromatic rings. The summed E-state index contributed by atoms with van der Waals surface area (Å²) < 4.78 is 2.01. The first-order valence-corrected chi connectivity index (χ1v) is 9.22. The Labute approximate surface area is 158 Å². The van der Waals surface area contributed by atoms with Gasteiger partial charge in [-0.05, 0) is 31.5 Å². The van der Waals surface area contributed by atoms with Crippen LogP contribution in [0, 0.1) is 13.8 Å². The van der Waals surface area contributed by atoms with Crippen LogP contribution in [-0.2, 0) is 6.54 Å². The predicted molar refractivity (Wildman–Crippen MR) is 104 cm³/mol. The molecule has 1 N–H and O–H groups in total. The Bertz CT molecular complexity index is 885. The predicted octanol–water partition coefficient (Wildman–Crippen LogP) is 2.23. The maximum atomic E-state index is 12.8. The van der Waals surface area contributed by atoms with Crippen LogP contribution in [0.15, 0.2) is 43.0 Å². The summed E-state index contributed by atoms with van der Waals surface area (Å²) in [5.41, 5.74) is 5.17. The molecule has 4 rings (SSSR count). The zero-order chi connectivity index (χ0) is 18.8. The van der Waals surface area contributed by atoms with Gasteiger partial charge in [-0.25, -0.2) is 4.98 Å². The van der Waals surface area contributed by atoms with Crippen LogP contribution in [0.4, 0.5) is 5.69 Å². The molecule has 3 heterocycles. The number of imidazole rings is 1. The number of aromatic nitrogens is 4. The van der Waals surface area contributed by atoms with Crippen molar-refractivity contribution in [2.75, 3.05) is 31.1 Å². The van der Waals surface area contributed by atoms with E-state index in [0.29, 0.717) is 0 Å². The first kappa shape index (κ1) is 17.3. The molecular formula is C20H24N6O. The second-order valence-corrected chi connectivity index (χ2v) is 6.99. The molecule has 0 unspecified atom stereocenters. The number of amides is 1. The molecule has 140 valence electrons. The largest absolute Gasteiger partial charge is 0.365 e. The van der Waals surface area contributed by atoms with Gasteiger partial charge in [-0.15, -0.1) is 0 Å². The summed E-state index contributed by atoms with van der Waals surface area (Å²) in [6.45, 7) is 7.91. The molecule has 0 atom stereocenters. The number of hydrogen-bond acceptors (Lipinski definition) is 4. The van der Waals surface area contributed by atoms with Crippen LogP contribution in [0.25, 0.3) is 0 Å². The first-order valence-electron chi connectivity index (χ1n) is 9.22. The second kappa shape index (κ2) is 7.26. The summed E-state index contributed by atoms with van der Waals surface area (Å²) in [6, 6.07) is 7.88. The van der Waals surface area contributed by atoms with Gasteiger partial charge in [-0.3, -0.25) is 9.89 Å². The van der Waals surface area contributed by atoms with E-state index in [1.165, 1.54) is 5.69 Å². The average molecular weight is 364 g/mol. The Balaban J connectivity index is 1.38. The maximum absolute atomic E-state index is 12.8. The van der Waals surface area contributed by atoms with E-state index in [-0.39, 0.29) is 5.91 Å². The van der Waals surface area contributed by atoms with E-state index in [4.69, 9.17) is 0 Å². The number of benzene rings is 1. The molecule has 2 aromatic heterocycles. The summed E-state index contributed by atoms with van der Waals surface area (Å²) in [4.78, 5) is 21.1. The number of nitrogens with one attached hydrogen (secondary N) is 1. The van der Waals surface area contributed by atoms with E-state index >= 15 is 0 Å². The molecule has 0 spiro atoms. The van der Waals surface area contributed by atoms with Gasteiger partial charge < -0.3 is 14.4 Å². The number of rotatable bonds is 4. The van der Waals surface area contributed by atoms with Gasteiger partial charge >= 0.3 is 0 Å². The van der Waals surface area contributed by atoms with Crippen molar-refractivity contribution in [1.29, 1.82) is 0 Å². The highest BCUT2D eigenvalue weighted by atomic mass is 16.2. The fourth-order valence-corrected chi connectivity index (χ4v) is 3.67. The van der Waals surface area contributed by atoms with Crippen molar-refractivity contribution in [2.24, 2.45) is 0 Å². The molecule has 0 radical (unpaired) electrons. The number of anilines is 1. The van der Waals surface area contributed by atoms with Crippen molar-refractivity contribution in [2.45, 2.75) is 20.4 Å². The van der Waals surface area contributed by atoms with Crippen molar-refractivity contribution in [1.82, 2.24) is 24.6 Å². The molecule has 1 aliphatic heterocycles. The molecule has 27 heavy (non-hydrogen) atoms. The van der Waals surface area contributed by atoms with Crippen LogP contribution in [0.1, 0.15) is 27.3 Å². The number of nitrogens with zero attached hydrogens (tertiary/aromatic N) is 5. The third-order valence-corrected chi connectivity index (χ3v) is 5.10. The van der Waals surface area contributed by atoms with Crippen LogP contribution in [0.3, 0.4) is 0 Å². The minimum atomic E-state index is 0.101. The van der Waals surface area contributed by atoms with Crippen molar-refractivity contribution >= 4 is 11.6 Å². The van der Waals surface area contributed by atoms with E-state index in [1.54, 1.807) is 12.5 Å². The number of carbonyl (C=O) groups is 1. The molecular weight excluding hydrogens is 340 g/mol. The smallest absolute Gasteiger partial charge is 0.253 e. The topological polar surface area (TPSA) is 70.1 Å². The third kappa shape index (κ3) is 3.58. The number of aromatic amines is 1. The van der Waals surface area contributed by atoms with Crippen molar-refractivity contribution in [3.63, 3.8) is 0 Å². The highest BCUT2D eigenvalue weighted by Gasteiger charge is 2.24. The average Bonchev–Trinajstić information content (AvgIpc) is 3.32. The van der Waals surface area contributed by atoms with Crippen molar-refractivity contribution < 1.29 is 4.79 Å². The summed E-state index contributed by atoms with van der Waals surface area (Å²) in [5, 5.41) is 7.31. The number of hydrogen-bond donors (Lipinski definition) is 1. The van der Waals surface area contributed by atoms with Gasteiger partial charge in [-0.2, -0.15) is 5.10 Å². The second-order valence-electron chi connectivity index (χ2n) is 6.99. The van der Waals surface area contributed by atoms with Crippen molar-refractivity contribution in [3.05, 3.63) is 65.5 Å². The van der Waals surface area contributed by atoms with E-state index in [1.807, 2.05) is 53.8 Å². The minimum Gasteiger partial charge on any atom is -0.365 e. The molecule has 1 saturated heterocycles. The van der Waals surface area contributed by atoms with E-state index < -0.39 is 0 Å². The van der Waals surface area contributed by atoms with E-state index in [0.717, 1.165) is 55.2 Å². The Morgan fingerprint density at radius 1 is 1.11 bits per heavy atom. The quantitative estimate of drug-likeness (QED) is 0.771. The maximum Gasteiger partial charge on any atom is 0.253 e. The number of aryl methyl sites for hydroxylation is 2. The zero-order valence-corrected chi connectivity index (χ0v) is 15.7. The third-order valence-electron chi connectivity index (χ3n) is 5.10. The SMILES string of the molecule is Cc1n[nH]c(C)c1N1CCN(C(=O)c2ccc(Cn3ccnc3)cc2)CC1. The normalized spacial score (nSPS) is 14.6. The lowest BCUT2D eigenvalue weighted by Gasteiger charge is -2.36. The summed E-state index contributed by atoms with van der Waals surface area (Å²) in [6.07, 6.45) is 5.49. The van der Waals surface area contributed by atoms with Crippen LogP contribution in [0.5, 0.6) is 0 Å². The molecule has 1 aromatic carbocycles. The first-order chi connectivity index (χ1) is 13.1. The molecule has 1 fully saturated rings. The van der Waals surface area contributed by atoms with E-state index in [2.05, 4.69) is 20.1 Å². The lowest BCUT2D eigenvalue weighted by molar-refractivity contribution is 0.0747. The van der Waals surface area contributed by atoms with Crippen LogP contribution >= 0.6 is 0 Å². The standard InChI is InChI=1S/C20H24N6O/c1-15-19(16(2)23-22-15)25-9-11-26(12-10-25)20(27)18-5-3-17(4-6-18)13-24-8-7-21-14-24/h3-8,14H,9-13H2,1-2H3,(H,22,23). The molecule has 1 amide bonds. The summed E-state index contributed by atoms with van der Waals surface area (Å²) in [5.74, 6) is 0.101. The summed E-state index contributed by atoms with van der Waals surface area (Å²) in [7, 11) is 0. The minimum absolute atomic E-state index is 0.101. The number of carbonyl (C=O) groups excluding carboxylic acids is 1. The van der Waals surface area contributed by atoms with Gasteiger partial charge in [0.1, 0.15) is 0 Å². The molecule has 0 bridgehead atoms. The molecule has 7 nitrogen and oxygen atoms in total. The van der Waals surface area contributed by atoms with Gasteiger partial charge in [0.2, 0.25) is 0 Å². The van der Waals surface area contributed by atoms with Crippen LogP contribution in [0.2, 0.25) is 0 Å². The number of H-pyrrole nitrogens is 1.